The number of hydrogen-bond donors (Lipinski definition) is 0. The van der Waals surface area contributed by atoms with E-state index in [0.717, 1.165) is 16.7 Å². The highest BCUT2D eigenvalue weighted by atomic mass is 16.7. The van der Waals surface area contributed by atoms with Crippen LogP contribution in [0.3, 0.4) is 0 Å². The first-order valence-corrected chi connectivity index (χ1v) is 9.90. The molecular weight excluding hydrogens is 372 g/mol. The van der Waals surface area contributed by atoms with E-state index in [1.54, 1.807) is 13.0 Å². The minimum atomic E-state index is -0.644. The average Bonchev–Trinajstić information content (AvgIpc) is 2.81. The number of ether oxygens (including phenoxy) is 2. The summed E-state index contributed by atoms with van der Waals surface area (Å²) in [5.41, 5.74) is 3.07. The van der Waals surface area contributed by atoms with Gasteiger partial charge in [-0.3, -0.25) is 0 Å². The number of carbonyl (C=O) groups is 1. The Hall–Kier alpha value is -3.43. The van der Waals surface area contributed by atoms with Crippen molar-refractivity contribution in [3.8, 4) is 0 Å². The molecule has 0 aromatic heterocycles. The molecule has 0 amide bonds. The maximum atomic E-state index is 12.7. The van der Waals surface area contributed by atoms with E-state index in [1.807, 2.05) is 60.7 Å². The summed E-state index contributed by atoms with van der Waals surface area (Å²) in [6.07, 6.45) is 3.60. The van der Waals surface area contributed by atoms with Gasteiger partial charge >= 0.3 is 5.97 Å². The molecule has 0 saturated heterocycles. The lowest BCUT2D eigenvalue weighted by Gasteiger charge is -2.33. The number of carbonyl (C=O) groups excluding carboxylic acids is 1. The van der Waals surface area contributed by atoms with E-state index in [2.05, 4.69) is 43.0 Å². The lowest BCUT2D eigenvalue weighted by molar-refractivity contribution is -0.150. The van der Waals surface area contributed by atoms with Crippen LogP contribution in [0.1, 0.15) is 23.6 Å². The van der Waals surface area contributed by atoms with E-state index in [1.165, 1.54) is 0 Å². The van der Waals surface area contributed by atoms with E-state index in [9.17, 15) is 4.79 Å². The zero-order valence-corrected chi connectivity index (χ0v) is 17.2. The van der Waals surface area contributed by atoms with Crippen molar-refractivity contribution in [2.45, 2.75) is 12.3 Å². The van der Waals surface area contributed by atoms with Crippen LogP contribution in [-0.2, 0) is 19.7 Å². The van der Waals surface area contributed by atoms with E-state index >= 15 is 0 Å². The van der Waals surface area contributed by atoms with E-state index in [4.69, 9.17) is 9.47 Å². The monoisotopic (exact) mass is 398 g/mol. The Balaban J connectivity index is 2.14. The van der Waals surface area contributed by atoms with Crippen molar-refractivity contribution in [2.75, 3.05) is 13.4 Å². The Morgan fingerprint density at radius 2 is 1.27 bits per heavy atom. The molecular formula is C27H26O3. The smallest absolute Gasteiger partial charge is 0.335 e. The molecule has 3 aromatic carbocycles. The first kappa shape index (κ1) is 21.3. The summed E-state index contributed by atoms with van der Waals surface area (Å²) >= 11 is 0. The third kappa shape index (κ3) is 4.76. The molecule has 0 bridgehead atoms. The second kappa shape index (κ2) is 10.4. The van der Waals surface area contributed by atoms with Crippen molar-refractivity contribution in [2.24, 2.45) is 0 Å². The fourth-order valence-corrected chi connectivity index (χ4v) is 3.58. The van der Waals surface area contributed by atoms with Gasteiger partial charge in [0.25, 0.3) is 0 Å². The van der Waals surface area contributed by atoms with Gasteiger partial charge in [-0.15, -0.1) is 6.58 Å². The molecule has 3 nitrogen and oxygen atoms in total. The van der Waals surface area contributed by atoms with Crippen molar-refractivity contribution in [1.29, 1.82) is 0 Å². The van der Waals surface area contributed by atoms with Crippen molar-refractivity contribution in [3.63, 3.8) is 0 Å². The Labute approximate surface area is 178 Å². The van der Waals surface area contributed by atoms with Crippen molar-refractivity contribution in [1.82, 2.24) is 0 Å². The molecule has 0 saturated carbocycles. The van der Waals surface area contributed by atoms with Crippen LogP contribution in [0.2, 0.25) is 0 Å². The third-order valence-electron chi connectivity index (χ3n) is 4.95. The van der Waals surface area contributed by atoms with Gasteiger partial charge in [0.15, 0.2) is 6.79 Å². The van der Waals surface area contributed by atoms with Crippen molar-refractivity contribution >= 4 is 5.97 Å². The van der Waals surface area contributed by atoms with Crippen LogP contribution in [0.4, 0.5) is 0 Å². The van der Waals surface area contributed by atoms with Crippen LogP contribution in [0.15, 0.2) is 115 Å². The van der Waals surface area contributed by atoms with Crippen LogP contribution in [0, 0.1) is 0 Å². The van der Waals surface area contributed by atoms with Crippen LogP contribution in [-0.4, -0.2) is 19.4 Å². The minimum Gasteiger partial charge on any atom is -0.435 e. The largest absolute Gasteiger partial charge is 0.435 e. The van der Waals surface area contributed by atoms with Gasteiger partial charge in [0, 0.05) is 5.57 Å². The van der Waals surface area contributed by atoms with Gasteiger partial charge in [-0.25, -0.2) is 4.79 Å². The Bertz CT molecular complexity index is 880. The molecule has 3 aromatic rings. The summed E-state index contributed by atoms with van der Waals surface area (Å²) < 4.78 is 10.5. The lowest BCUT2D eigenvalue weighted by Crippen LogP contribution is -2.28. The summed E-state index contributed by atoms with van der Waals surface area (Å²) in [7, 11) is 0. The summed E-state index contributed by atoms with van der Waals surface area (Å²) in [4.78, 5) is 12.7. The van der Waals surface area contributed by atoms with Gasteiger partial charge in [-0.2, -0.15) is 0 Å². The quantitative estimate of drug-likeness (QED) is 0.116. The molecule has 0 N–H and O–H groups in total. The summed E-state index contributed by atoms with van der Waals surface area (Å²) in [5.74, 6) is -0.411. The van der Waals surface area contributed by atoms with E-state index < -0.39 is 11.4 Å². The molecule has 0 spiro atoms. The standard InChI is InChI=1S/C27H26O3/c1-3-19-29-21-30-26(28)22(2)20-27(23-13-7-4-8-14-23,24-15-9-5-10-16-24)25-17-11-6-12-18-25/h3-18,20H,1,19,21H2,2H3. The minimum absolute atomic E-state index is 0.106. The molecule has 0 heterocycles. The summed E-state index contributed by atoms with van der Waals surface area (Å²) in [6.45, 7) is 5.59. The molecule has 3 rings (SSSR count). The molecule has 0 aliphatic carbocycles. The van der Waals surface area contributed by atoms with E-state index in [0.29, 0.717) is 12.2 Å². The second-order valence-corrected chi connectivity index (χ2v) is 6.94. The van der Waals surface area contributed by atoms with Gasteiger partial charge in [-0.1, -0.05) is 103 Å². The molecule has 152 valence electrons. The molecule has 0 atom stereocenters. The number of hydrogen-bond acceptors (Lipinski definition) is 3. The first-order chi connectivity index (χ1) is 14.7. The highest BCUT2D eigenvalue weighted by Crippen LogP contribution is 2.41. The lowest BCUT2D eigenvalue weighted by atomic mass is 9.68. The van der Waals surface area contributed by atoms with Gasteiger partial charge in [0.1, 0.15) is 0 Å². The maximum absolute atomic E-state index is 12.7. The Morgan fingerprint density at radius 3 is 1.67 bits per heavy atom. The topological polar surface area (TPSA) is 35.5 Å². The van der Waals surface area contributed by atoms with Gasteiger partial charge in [0.05, 0.1) is 12.0 Å². The zero-order chi connectivity index (χ0) is 21.2. The number of benzene rings is 3. The maximum Gasteiger partial charge on any atom is 0.335 e. The molecule has 3 heteroatoms. The fraction of sp³-hybridized carbons (Fsp3) is 0.148. The molecule has 0 radical (unpaired) electrons. The highest BCUT2D eigenvalue weighted by Gasteiger charge is 2.35. The summed E-state index contributed by atoms with van der Waals surface area (Å²) in [6, 6.07) is 30.6. The van der Waals surface area contributed by atoms with Crippen LogP contribution < -0.4 is 0 Å². The second-order valence-electron chi connectivity index (χ2n) is 6.94. The van der Waals surface area contributed by atoms with Crippen molar-refractivity contribution < 1.29 is 14.3 Å². The third-order valence-corrected chi connectivity index (χ3v) is 4.95. The number of esters is 1. The fourth-order valence-electron chi connectivity index (χ4n) is 3.58. The SMILES string of the molecule is C=CCOCOC(=O)C(C)=CC(c1ccccc1)(c1ccccc1)c1ccccc1. The van der Waals surface area contributed by atoms with Gasteiger partial charge < -0.3 is 9.47 Å². The molecule has 0 aliphatic rings. The molecule has 30 heavy (non-hydrogen) atoms. The Kier molecular flexibility index (Phi) is 7.36. The van der Waals surface area contributed by atoms with Crippen LogP contribution in [0.25, 0.3) is 0 Å². The van der Waals surface area contributed by atoms with Gasteiger partial charge in [-0.05, 0) is 23.6 Å². The number of rotatable bonds is 9. The van der Waals surface area contributed by atoms with Crippen LogP contribution >= 0.6 is 0 Å². The van der Waals surface area contributed by atoms with Crippen LogP contribution in [0.5, 0.6) is 0 Å². The number of allylic oxidation sites excluding steroid dienone is 1. The predicted molar refractivity (Wildman–Crippen MR) is 120 cm³/mol. The highest BCUT2D eigenvalue weighted by molar-refractivity contribution is 5.88. The molecule has 0 unspecified atom stereocenters. The normalized spacial score (nSPS) is 11.7. The first-order valence-electron chi connectivity index (χ1n) is 9.90. The zero-order valence-electron chi connectivity index (χ0n) is 17.2. The molecule has 0 aliphatic heterocycles. The van der Waals surface area contributed by atoms with E-state index in [-0.39, 0.29) is 6.79 Å². The van der Waals surface area contributed by atoms with Crippen molar-refractivity contribution in [3.05, 3.63) is 132 Å². The molecule has 0 fully saturated rings. The Morgan fingerprint density at radius 1 is 0.833 bits per heavy atom. The van der Waals surface area contributed by atoms with Gasteiger partial charge in [0.2, 0.25) is 0 Å². The summed E-state index contributed by atoms with van der Waals surface area (Å²) in [5, 5.41) is 0. The average molecular weight is 399 g/mol. The predicted octanol–water partition coefficient (Wildman–Crippen LogP) is 5.67.